The lowest BCUT2D eigenvalue weighted by atomic mass is 9.33. The summed E-state index contributed by atoms with van der Waals surface area (Å²) >= 11 is 0. The number of carbonyl (C=O) groups excluding carboxylic acids is 2. The number of benzene rings is 1. The van der Waals surface area contributed by atoms with E-state index in [0.717, 1.165) is 62.6 Å². The molecule has 0 heterocycles. The van der Waals surface area contributed by atoms with Crippen LogP contribution in [0.2, 0.25) is 0 Å². The van der Waals surface area contributed by atoms with Gasteiger partial charge in [-0.1, -0.05) is 72.2 Å². The Kier molecular flexibility index (Phi) is 9.26. The maximum atomic E-state index is 14.0. The van der Waals surface area contributed by atoms with Gasteiger partial charge in [0, 0.05) is 29.5 Å². The van der Waals surface area contributed by atoms with Gasteiger partial charge < -0.3 is 20.3 Å². The standard InChI is InChI=1S/C43H63NO6/c1-26(2)35-29(45)23-43(32(46)25-44-27-13-11-10-12-14-27)22-21-41(8)28(36(35)43)15-16-31-40(7)19-18-33(50-34(47)24-38(3,4)37(48)49)39(5,6)30(40)17-20-42(31,41)9/h10-14,26,28,30-33,44,46H,15-25H2,1-9H3,(H,48,49)/t28-,30+,31-,32-,33+,40+,41-,42-,43?/m1/s1. The number of carboxylic acids is 1. The van der Waals surface area contributed by atoms with Gasteiger partial charge in [-0.2, -0.15) is 0 Å². The summed E-state index contributed by atoms with van der Waals surface area (Å²) in [6.45, 7) is 20.1. The number of hydrogen-bond acceptors (Lipinski definition) is 6. The van der Waals surface area contributed by atoms with Crippen LogP contribution < -0.4 is 5.32 Å². The van der Waals surface area contributed by atoms with Gasteiger partial charge in [0.2, 0.25) is 0 Å². The van der Waals surface area contributed by atoms with Crippen LogP contribution in [-0.2, 0) is 19.1 Å². The smallest absolute Gasteiger partial charge is 0.309 e. The monoisotopic (exact) mass is 689 g/mol. The van der Waals surface area contributed by atoms with Gasteiger partial charge in [0.1, 0.15) is 6.10 Å². The molecule has 0 aromatic heterocycles. The van der Waals surface area contributed by atoms with E-state index in [0.29, 0.717) is 24.8 Å². The molecule has 5 aliphatic carbocycles. The fraction of sp³-hybridized carbons (Fsp3) is 0.744. The molecule has 7 heteroatoms. The van der Waals surface area contributed by atoms with Crippen molar-refractivity contribution in [1.82, 2.24) is 0 Å². The van der Waals surface area contributed by atoms with Gasteiger partial charge in [-0.15, -0.1) is 0 Å². The van der Waals surface area contributed by atoms with Crippen LogP contribution in [0.15, 0.2) is 41.5 Å². The lowest BCUT2D eigenvalue weighted by Gasteiger charge is -2.72. The van der Waals surface area contributed by atoms with Crippen molar-refractivity contribution in [2.24, 2.45) is 56.2 Å². The van der Waals surface area contributed by atoms with Crippen LogP contribution in [0.3, 0.4) is 0 Å². The van der Waals surface area contributed by atoms with E-state index in [9.17, 15) is 24.6 Å². The molecule has 3 N–H and O–H groups in total. The minimum Gasteiger partial charge on any atom is -0.481 e. The number of carbonyl (C=O) groups is 3. The zero-order valence-electron chi connectivity index (χ0n) is 32.2. The van der Waals surface area contributed by atoms with Gasteiger partial charge in [-0.05, 0) is 123 Å². The molecule has 0 aliphatic heterocycles. The fourth-order valence-electron chi connectivity index (χ4n) is 12.9. The van der Waals surface area contributed by atoms with Gasteiger partial charge >= 0.3 is 11.9 Å². The van der Waals surface area contributed by atoms with Crippen molar-refractivity contribution in [1.29, 1.82) is 0 Å². The molecule has 0 bridgehead atoms. The average Bonchev–Trinajstić information content (AvgIpc) is 3.35. The molecular formula is C43H63NO6. The molecule has 0 saturated heterocycles. The maximum absolute atomic E-state index is 14.0. The third kappa shape index (κ3) is 5.49. The number of esters is 1. The number of Topliss-reactive ketones (excluding diaryl/α,β-unsaturated/α-hetero) is 1. The number of nitrogens with one attached hydrogen (secondary N) is 1. The van der Waals surface area contributed by atoms with Crippen molar-refractivity contribution in [3.8, 4) is 0 Å². The number of para-hydroxylation sites is 1. The second-order valence-electron chi connectivity index (χ2n) is 19.3. The Labute approximate surface area is 300 Å². The molecule has 0 radical (unpaired) electrons. The summed E-state index contributed by atoms with van der Waals surface area (Å²) in [5.41, 5.74) is 1.48. The zero-order chi connectivity index (χ0) is 36.7. The van der Waals surface area contributed by atoms with Crippen molar-refractivity contribution in [2.75, 3.05) is 11.9 Å². The second-order valence-corrected chi connectivity index (χ2v) is 19.3. The average molecular weight is 690 g/mol. The van der Waals surface area contributed by atoms with Crippen LogP contribution in [0.1, 0.15) is 127 Å². The predicted octanol–water partition coefficient (Wildman–Crippen LogP) is 8.85. The summed E-state index contributed by atoms with van der Waals surface area (Å²) in [6, 6.07) is 10.0. The number of aliphatic hydroxyl groups is 1. The number of hydrogen-bond donors (Lipinski definition) is 3. The van der Waals surface area contributed by atoms with Crippen molar-refractivity contribution >= 4 is 23.4 Å². The van der Waals surface area contributed by atoms with Crippen LogP contribution >= 0.6 is 0 Å². The first kappa shape index (κ1) is 37.1. The number of aliphatic hydroxyl groups excluding tert-OH is 1. The van der Waals surface area contributed by atoms with E-state index in [1.54, 1.807) is 13.8 Å². The fourth-order valence-corrected chi connectivity index (χ4v) is 12.9. The molecule has 50 heavy (non-hydrogen) atoms. The van der Waals surface area contributed by atoms with E-state index in [1.807, 2.05) is 30.3 Å². The number of ketones is 1. The summed E-state index contributed by atoms with van der Waals surface area (Å²) in [6.07, 6.45) is 7.25. The molecule has 7 nitrogen and oxygen atoms in total. The Balaban J connectivity index is 1.28. The Morgan fingerprint density at radius 3 is 2.24 bits per heavy atom. The minimum absolute atomic E-state index is 0.00403. The van der Waals surface area contributed by atoms with Crippen molar-refractivity contribution in [3.05, 3.63) is 41.5 Å². The van der Waals surface area contributed by atoms with Gasteiger partial charge in [-0.3, -0.25) is 14.4 Å². The van der Waals surface area contributed by atoms with E-state index < -0.39 is 28.9 Å². The van der Waals surface area contributed by atoms with Crippen LogP contribution in [0.25, 0.3) is 0 Å². The highest BCUT2D eigenvalue weighted by Gasteiger charge is 2.70. The summed E-state index contributed by atoms with van der Waals surface area (Å²) in [5.74, 6) is 0.0818. The molecule has 4 fully saturated rings. The number of rotatable bonds is 9. The maximum Gasteiger partial charge on any atom is 0.309 e. The predicted molar refractivity (Wildman–Crippen MR) is 196 cm³/mol. The Morgan fingerprint density at radius 2 is 1.60 bits per heavy atom. The highest BCUT2D eigenvalue weighted by Crippen LogP contribution is 2.77. The number of carboxylic acid groups (broad SMARTS) is 1. The minimum atomic E-state index is -1.16. The van der Waals surface area contributed by atoms with E-state index in [1.165, 1.54) is 5.57 Å². The summed E-state index contributed by atoms with van der Waals surface area (Å²) < 4.78 is 6.16. The number of allylic oxidation sites excluding steroid dienone is 1. The van der Waals surface area contributed by atoms with Crippen LogP contribution in [-0.4, -0.2) is 46.7 Å². The van der Waals surface area contributed by atoms with Crippen LogP contribution in [0.5, 0.6) is 0 Å². The summed E-state index contributed by atoms with van der Waals surface area (Å²) in [4.78, 5) is 38.8. The number of ether oxygens (including phenoxy) is 1. The third-order valence-electron chi connectivity index (χ3n) is 15.8. The van der Waals surface area contributed by atoms with E-state index in [-0.39, 0.29) is 51.8 Å². The van der Waals surface area contributed by atoms with Gasteiger partial charge in [0.15, 0.2) is 5.78 Å². The Hall–Kier alpha value is -2.67. The molecule has 276 valence electrons. The van der Waals surface area contributed by atoms with Gasteiger partial charge in [0.25, 0.3) is 0 Å². The Bertz CT molecular complexity index is 1550. The van der Waals surface area contributed by atoms with Crippen molar-refractivity contribution in [3.63, 3.8) is 0 Å². The summed E-state index contributed by atoms with van der Waals surface area (Å²) in [7, 11) is 0. The first-order chi connectivity index (χ1) is 23.2. The highest BCUT2D eigenvalue weighted by atomic mass is 16.5. The largest absolute Gasteiger partial charge is 0.481 e. The molecular weight excluding hydrogens is 626 g/mol. The quantitative estimate of drug-likeness (QED) is 0.222. The molecule has 6 rings (SSSR count). The van der Waals surface area contributed by atoms with Gasteiger partial charge in [-0.25, -0.2) is 0 Å². The molecule has 4 saturated carbocycles. The van der Waals surface area contributed by atoms with Crippen LogP contribution in [0.4, 0.5) is 5.69 Å². The third-order valence-corrected chi connectivity index (χ3v) is 15.8. The number of anilines is 1. The molecule has 9 atom stereocenters. The number of aliphatic carboxylic acids is 1. The van der Waals surface area contributed by atoms with Crippen molar-refractivity contribution in [2.45, 2.75) is 139 Å². The topological polar surface area (TPSA) is 113 Å². The van der Waals surface area contributed by atoms with Crippen molar-refractivity contribution < 1.29 is 29.3 Å². The lowest BCUT2D eigenvalue weighted by molar-refractivity contribution is -0.235. The zero-order valence-corrected chi connectivity index (χ0v) is 32.2. The molecule has 1 aromatic rings. The number of fused-ring (bicyclic) bond motifs is 7. The first-order valence-corrected chi connectivity index (χ1v) is 19.4. The molecule has 1 aromatic carbocycles. The molecule has 5 aliphatic rings. The lowest BCUT2D eigenvalue weighted by Crippen LogP contribution is -2.66. The SMILES string of the molecule is CC(C)C1=C2[C@H]3CC[C@@H]4[C@@]5(C)CC[C@H](OC(=O)CC(C)(C)C(=O)O)C(C)(C)[C@@H]5CC[C@@]4(C)[C@]3(C)CCC2([C@H](O)CNc2ccccc2)CC1=O. The van der Waals surface area contributed by atoms with E-state index >= 15 is 0 Å². The normalized spacial score (nSPS) is 38.4. The van der Waals surface area contributed by atoms with Crippen LogP contribution in [0, 0.1) is 56.2 Å². The molecule has 0 spiro atoms. The second kappa shape index (κ2) is 12.5. The van der Waals surface area contributed by atoms with E-state index in [2.05, 4.69) is 53.8 Å². The van der Waals surface area contributed by atoms with E-state index in [4.69, 9.17) is 4.74 Å². The molecule has 0 amide bonds. The summed E-state index contributed by atoms with van der Waals surface area (Å²) in [5, 5.41) is 25.2. The molecule has 1 unspecified atom stereocenters. The highest BCUT2D eigenvalue weighted by molar-refractivity contribution is 6.00. The Morgan fingerprint density at radius 1 is 0.920 bits per heavy atom. The van der Waals surface area contributed by atoms with Gasteiger partial charge in [0.05, 0.1) is 17.9 Å². The first-order valence-electron chi connectivity index (χ1n) is 19.4.